The molecule has 1 saturated carbocycles. The van der Waals surface area contributed by atoms with Crippen LogP contribution >= 0.6 is 15.9 Å². The summed E-state index contributed by atoms with van der Waals surface area (Å²) in [6.07, 6.45) is 0.233. The molecule has 29 heavy (non-hydrogen) atoms. The van der Waals surface area contributed by atoms with Crippen molar-refractivity contribution >= 4 is 37.6 Å². The van der Waals surface area contributed by atoms with E-state index in [0.717, 1.165) is 10.0 Å². The van der Waals surface area contributed by atoms with Gasteiger partial charge in [0.25, 0.3) is 0 Å². The summed E-state index contributed by atoms with van der Waals surface area (Å²) in [7, 11) is -3.59. The molecule has 0 bridgehead atoms. The first kappa shape index (κ1) is 21.5. The number of alkyl carbamates (subject to hydrolysis) is 1. The fourth-order valence-corrected chi connectivity index (χ4v) is 5.31. The number of sulfone groups is 1. The van der Waals surface area contributed by atoms with Gasteiger partial charge in [-0.25, -0.2) is 13.2 Å². The largest absolute Gasteiger partial charge is 0.445 e. The van der Waals surface area contributed by atoms with E-state index in [-0.39, 0.29) is 29.5 Å². The van der Waals surface area contributed by atoms with Crippen molar-refractivity contribution in [3.63, 3.8) is 0 Å². The SMILES string of the molecule is O=C1CC[C@H](NC(=O)OCc2ccccc2)[C@@H](CS(=O)(=O)c2ccc(Br)cc2)C1. The number of ether oxygens (including phenoxy) is 1. The minimum Gasteiger partial charge on any atom is -0.445 e. The molecule has 2 aromatic carbocycles. The molecule has 2 atom stereocenters. The van der Waals surface area contributed by atoms with E-state index in [1.165, 1.54) is 12.1 Å². The Morgan fingerprint density at radius 2 is 1.79 bits per heavy atom. The minimum atomic E-state index is -3.59. The molecular weight excluding hydrogens is 458 g/mol. The number of carbonyl (C=O) groups is 2. The van der Waals surface area contributed by atoms with Gasteiger partial charge in [-0.15, -0.1) is 0 Å². The maximum Gasteiger partial charge on any atom is 0.407 e. The van der Waals surface area contributed by atoms with Crippen LogP contribution in [-0.4, -0.2) is 32.1 Å². The zero-order valence-corrected chi connectivity index (χ0v) is 18.1. The second kappa shape index (κ2) is 9.54. The van der Waals surface area contributed by atoms with Crippen molar-refractivity contribution in [2.45, 2.75) is 36.8 Å². The number of benzene rings is 2. The summed E-state index contributed by atoms with van der Waals surface area (Å²) in [5.74, 6) is -0.685. The van der Waals surface area contributed by atoms with Crippen LogP contribution in [0.25, 0.3) is 0 Å². The van der Waals surface area contributed by atoms with Gasteiger partial charge in [0.15, 0.2) is 9.84 Å². The van der Waals surface area contributed by atoms with Gasteiger partial charge in [-0.2, -0.15) is 0 Å². The zero-order chi connectivity index (χ0) is 20.9. The summed E-state index contributed by atoms with van der Waals surface area (Å²) in [6, 6.07) is 15.2. The Hall–Kier alpha value is -2.19. The number of hydrogen-bond acceptors (Lipinski definition) is 5. The van der Waals surface area contributed by atoms with E-state index in [9.17, 15) is 18.0 Å². The van der Waals surface area contributed by atoms with E-state index in [2.05, 4.69) is 21.2 Å². The quantitative estimate of drug-likeness (QED) is 0.678. The Morgan fingerprint density at radius 3 is 2.48 bits per heavy atom. The van der Waals surface area contributed by atoms with Crippen LogP contribution in [-0.2, 0) is 26.0 Å². The molecule has 0 aliphatic heterocycles. The highest BCUT2D eigenvalue weighted by molar-refractivity contribution is 9.10. The van der Waals surface area contributed by atoms with Gasteiger partial charge < -0.3 is 10.1 Å². The van der Waals surface area contributed by atoms with Crippen molar-refractivity contribution in [1.29, 1.82) is 0 Å². The molecule has 8 heteroatoms. The first-order chi connectivity index (χ1) is 13.8. The molecule has 1 aliphatic rings. The van der Waals surface area contributed by atoms with E-state index in [1.54, 1.807) is 12.1 Å². The van der Waals surface area contributed by atoms with Crippen molar-refractivity contribution in [1.82, 2.24) is 5.32 Å². The third-order valence-electron chi connectivity index (χ3n) is 4.92. The lowest BCUT2D eigenvalue weighted by atomic mass is 9.85. The smallest absolute Gasteiger partial charge is 0.407 e. The van der Waals surface area contributed by atoms with Gasteiger partial charge in [-0.1, -0.05) is 46.3 Å². The van der Waals surface area contributed by atoms with Crippen LogP contribution in [0.1, 0.15) is 24.8 Å². The summed E-state index contributed by atoms with van der Waals surface area (Å²) >= 11 is 3.29. The van der Waals surface area contributed by atoms with E-state index in [1.807, 2.05) is 30.3 Å². The number of ketones is 1. The maximum absolute atomic E-state index is 12.8. The van der Waals surface area contributed by atoms with Crippen molar-refractivity contribution in [3.05, 3.63) is 64.6 Å². The maximum atomic E-state index is 12.8. The van der Waals surface area contributed by atoms with E-state index < -0.39 is 27.9 Å². The highest BCUT2D eigenvalue weighted by atomic mass is 79.9. The van der Waals surface area contributed by atoms with Crippen LogP contribution < -0.4 is 5.32 Å². The second-order valence-corrected chi connectivity index (χ2v) is 10.0. The average molecular weight is 480 g/mol. The molecule has 0 saturated heterocycles. The molecule has 1 aliphatic carbocycles. The van der Waals surface area contributed by atoms with Crippen LogP contribution in [0.3, 0.4) is 0 Å². The van der Waals surface area contributed by atoms with Crippen molar-refractivity contribution < 1.29 is 22.7 Å². The number of nitrogens with one attached hydrogen (secondary N) is 1. The van der Waals surface area contributed by atoms with Gasteiger partial charge in [0.05, 0.1) is 10.6 Å². The molecule has 3 rings (SSSR count). The molecule has 1 N–H and O–H groups in total. The molecular formula is C21H22BrNO5S. The number of hydrogen-bond donors (Lipinski definition) is 1. The van der Waals surface area contributed by atoms with E-state index in [4.69, 9.17) is 4.74 Å². The van der Waals surface area contributed by atoms with Crippen molar-refractivity contribution in [2.75, 3.05) is 5.75 Å². The van der Waals surface area contributed by atoms with Gasteiger partial charge in [0.2, 0.25) is 0 Å². The summed E-state index contributed by atoms with van der Waals surface area (Å²) in [6.45, 7) is 0.125. The zero-order valence-electron chi connectivity index (χ0n) is 15.7. The molecule has 0 heterocycles. The first-order valence-corrected chi connectivity index (χ1v) is 11.8. The average Bonchev–Trinajstić information content (AvgIpc) is 2.69. The minimum absolute atomic E-state index is 0.0108. The van der Waals surface area contributed by atoms with E-state index in [0.29, 0.717) is 12.8 Å². The monoisotopic (exact) mass is 479 g/mol. The van der Waals surface area contributed by atoms with Crippen LogP contribution in [0.5, 0.6) is 0 Å². The van der Waals surface area contributed by atoms with Crippen molar-refractivity contribution in [3.8, 4) is 0 Å². The van der Waals surface area contributed by atoms with Crippen LogP contribution in [0.2, 0.25) is 0 Å². The number of amides is 1. The first-order valence-electron chi connectivity index (χ1n) is 9.31. The lowest BCUT2D eigenvalue weighted by molar-refractivity contribution is -0.121. The summed E-state index contributed by atoms with van der Waals surface area (Å²) < 4.78 is 31.6. The molecule has 0 unspecified atom stereocenters. The number of halogens is 1. The molecule has 0 radical (unpaired) electrons. The number of Topliss-reactive ketones (excluding diaryl/α,β-unsaturated/α-hetero) is 1. The highest BCUT2D eigenvalue weighted by Crippen LogP contribution is 2.27. The lowest BCUT2D eigenvalue weighted by Crippen LogP contribution is -2.46. The standard InChI is InChI=1S/C21H22BrNO5S/c22-17-6-9-19(10-7-17)29(26,27)14-16-12-18(24)8-11-20(16)23-21(25)28-13-15-4-2-1-3-5-15/h1-7,9-10,16,20H,8,11-14H2,(H,23,25)/t16-,20+/m1/s1. The molecule has 1 amide bonds. The van der Waals surface area contributed by atoms with Gasteiger partial charge in [0.1, 0.15) is 12.4 Å². The highest BCUT2D eigenvalue weighted by Gasteiger charge is 2.34. The van der Waals surface area contributed by atoms with Crippen LogP contribution in [0.15, 0.2) is 64.0 Å². The predicted octanol–water partition coefficient (Wildman–Crippen LogP) is 3.89. The molecule has 2 aromatic rings. The Morgan fingerprint density at radius 1 is 1.10 bits per heavy atom. The normalized spacial score (nSPS) is 19.6. The topological polar surface area (TPSA) is 89.5 Å². The van der Waals surface area contributed by atoms with Crippen LogP contribution in [0, 0.1) is 5.92 Å². The predicted molar refractivity (Wildman–Crippen MR) is 112 cm³/mol. The molecule has 1 fully saturated rings. The lowest BCUT2D eigenvalue weighted by Gasteiger charge is -2.31. The Kier molecular flexibility index (Phi) is 7.08. The second-order valence-electron chi connectivity index (χ2n) is 7.09. The summed E-state index contributed by atoms with van der Waals surface area (Å²) in [4.78, 5) is 24.3. The Balaban J connectivity index is 1.64. The summed E-state index contributed by atoms with van der Waals surface area (Å²) in [5.41, 5.74) is 0.857. The molecule has 154 valence electrons. The molecule has 6 nitrogen and oxygen atoms in total. The third-order valence-corrected chi connectivity index (χ3v) is 7.30. The van der Waals surface area contributed by atoms with Gasteiger partial charge in [-0.05, 0) is 36.2 Å². The van der Waals surface area contributed by atoms with Gasteiger partial charge >= 0.3 is 6.09 Å². The Bertz CT molecular complexity index is 960. The summed E-state index contributed by atoms with van der Waals surface area (Å²) in [5, 5.41) is 2.76. The number of carbonyl (C=O) groups excluding carboxylic acids is 2. The molecule has 0 spiro atoms. The molecule has 0 aromatic heterocycles. The van der Waals surface area contributed by atoms with Crippen LogP contribution in [0.4, 0.5) is 4.79 Å². The number of rotatable bonds is 6. The fraction of sp³-hybridized carbons (Fsp3) is 0.333. The fourth-order valence-electron chi connectivity index (χ4n) is 3.39. The van der Waals surface area contributed by atoms with E-state index >= 15 is 0 Å². The van der Waals surface area contributed by atoms with Gasteiger partial charge in [0, 0.05) is 29.3 Å². The van der Waals surface area contributed by atoms with Crippen molar-refractivity contribution in [2.24, 2.45) is 5.92 Å². The van der Waals surface area contributed by atoms with Gasteiger partial charge in [-0.3, -0.25) is 4.79 Å². The third kappa shape index (κ3) is 6.14. The Labute approximate surface area is 178 Å².